The Morgan fingerprint density at radius 1 is 1.28 bits per heavy atom. The zero-order valence-electron chi connectivity index (χ0n) is 11.2. The molecule has 1 aliphatic rings. The molecule has 0 saturated carbocycles. The fourth-order valence-corrected chi connectivity index (χ4v) is 2.98. The van der Waals surface area contributed by atoms with Crippen LogP contribution in [0.25, 0.3) is 0 Å². The highest BCUT2D eigenvalue weighted by atomic mass is 35.5. The molecule has 1 saturated heterocycles. The third kappa shape index (κ3) is 2.43. The minimum Gasteiger partial charge on any atom is -0.493 e. The van der Waals surface area contributed by atoms with E-state index in [0.717, 1.165) is 24.4 Å². The van der Waals surface area contributed by atoms with Crippen LogP contribution in [0.5, 0.6) is 11.5 Å². The van der Waals surface area contributed by atoms with Gasteiger partial charge in [0, 0.05) is 6.54 Å². The molecule has 0 aromatic heterocycles. The van der Waals surface area contributed by atoms with Crippen LogP contribution in [0.1, 0.15) is 29.9 Å². The van der Waals surface area contributed by atoms with Crippen LogP contribution in [0.15, 0.2) is 6.07 Å². The molecule has 100 valence electrons. The Morgan fingerprint density at radius 2 is 2.00 bits per heavy atom. The topological polar surface area (TPSA) is 30.5 Å². The molecule has 0 bridgehead atoms. The van der Waals surface area contributed by atoms with Gasteiger partial charge in [-0.25, -0.2) is 0 Å². The van der Waals surface area contributed by atoms with Crippen LogP contribution in [0.2, 0.25) is 5.02 Å². The van der Waals surface area contributed by atoms with E-state index in [4.69, 9.17) is 21.1 Å². The van der Waals surface area contributed by atoms with Gasteiger partial charge in [0.2, 0.25) is 0 Å². The highest BCUT2D eigenvalue weighted by Gasteiger charge is 2.22. The summed E-state index contributed by atoms with van der Waals surface area (Å²) in [6.45, 7) is 4.19. The first-order valence-corrected chi connectivity index (χ1v) is 6.68. The maximum Gasteiger partial charge on any atom is 0.179 e. The fourth-order valence-electron chi connectivity index (χ4n) is 2.70. The highest BCUT2D eigenvalue weighted by molar-refractivity contribution is 6.32. The second-order valence-corrected chi connectivity index (χ2v) is 5.09. The molecule has 0 spiro atoms. The van der Waals surface area contributed by atoms with E-state index in [2.05, 4.69) is 12.2 Å². The Hall–Kier alpha value is -0.930. The second kappa shape index (κ2) is 5.81. The first kappa shape index (κ1) is 13.5. The molecule has 1 fully saturated rings. The van der Waals surface area contributed by atoms with Crippen molar-refractivity contribution in [2.45, 2.75) is 25.7 Å². The van der Waals surface area contributed by atoms with Crippen molar-refractivity contribution in [3.8, 4) is 11.5 Å². The van der Waals surface area contributed by atoms with Crippen molar-refractivity contribution in [1.29, 1.82) is 0 Å². The molecule has 1 heterocycles. The van der Waals surface area contributed by atoms with Crippen molar-refractivity contribution in [2.75, 3.05) is 27.3 Å². The lowest BCUT2D eigenvalue weighted by atomic mass is 9.88. The molecular weight excluding hydrogens is 250 g/mol. The fraction of sp³-hybridized carbons (Fsp3) is 0.571. The van der Waals surface area contributed by atoms with E-state index < -0.39 is 0 Å². The average molecular weight is 270 g/mol. The van der Waals surface area contributed by atoms with E-state index >= 15 is 0 Å². The molecule has 0 amide bonds. The van der Waals surface area contributed by atoms with Gasteiger partial charge < -0.3 is 14.8 Å². The molecule has 2 rings (SSSR count). The highest BCUT2D eigenvalue weighted by Crippen LogP contribution is 2.42. The lowest BCUT2D eigenvalue weighted by Crippen LogP contribution is -2.28. The summed E-state index contributed by atoms with van der Waals surface area (Å²) in [4.78, 5) is 0. The van der Waals surface area contributed by atoms with Crippen LogP contribution in [-0.4, -0.2) is 27.3 Å². The quantitative estimate of drug-likeness (QED) is 0.915. The third-order valence-corrected chi connectivity index (χ3v) is 3.90. The molecule has 1 unspecified atom stereocenters. The van der Waals surface area contributed by atoms with Crippen LogP contribution >= 0.6 is 11.6 Å². The molecule has 1 aliphatic heterocycles. The van der Waals surface area contributed by atoms with Crippen molar-refractivity contribution in [3.05, 3.63) is 22.2 Å². The van der Waals surface area contributed by atoms with Gasteiger partial charge in [-0.15, -0.1) is 0 Å². The molecule has 1 N–H and O–H groups in total. The van der Waals surface area contributed by atoms with Crippen molar-refractivity contribution < 1.29 is 9.47 Å². The van der Waals surface area contributed by atoms with Gasteiger partial charge in [-0.3, -0.25) is 0 Å². The Bertz CT molecular complexity index is 428. The van der Waals surface area contributed by atoms with E-state index in [9.17, 15) is 0 Å². The summed E-state index contributed by atoms with van der Waals surface area (Å²) >= 11 is 6.28. The maximum absolute atomic E-state index is 6.28. The van der Waals surface area contributed by atoms with E-state index in [1.54, 1.807) is 14.2 Å². The minimum absolute atomic E-state index is 0.510. The van der Waals surface area contributed by atoms with Crippen molar-refractivity contribution in [1.82, 2.24) is 5.32 Å². The van der Waals surface area contributed by atoms with Gasteiger partial charge in [0.1, 0.15) is 0 Å². The predicted octanol–water partition coefficient (Wildman–Crippen LogP) is 3.13. The van der Waals surface area contributed by atoms with Gasteiger partial charge in [-0.05, 0) is 49.4 Å². The monoisotopic (exact) mass is 269 g/mol. The van der Waals surface area contributed by atoms with Crippen LogP contribution < -0.4 is 14.8 Å². The van der Waals surface area contributed by atoms with Crippen LogP contribution in [0.3, 0.4) is 0 Å². The third-order valence-electron chi connectivity index (χ3n) is 3.62. The summed E-state index contributed by atoms with van der Waals surface area (Å²) in [5.74, 6) is 1.89. The van der Waals surface area contributed by atoms with E-state index in [0.29, 0.717) is 16.7 Å². The number of halogens is 1. The normalized spacial score (nSPS) is 19.7. The Labute approximate surface area is 113 Å². The van der Waals surface area contributed by atoms with Crippen LogP contribution in [0, 0.1) is 6.92 Å². The summed E-state index contributed by atoms with van der Waals surface area (Å²) in [6.07, 6.45) is 2.40. The summed E-state index contributed by atoms with van der Waals surface area (Å²) in [6, 6.07) is 2.02. The molecule has 0 radical (unpaired) electrons. The number of hydrogen-bond acceptors (Lipinski definition) is 3. The molecule has 1 aromatic carbocycles. The van der Waals surface area contributed by atoms with E-state index in [1.165, 1.54) is 18.4 Å². The average Bonchev–Trinajstić information content (AvgIpc) is 2.41. The molecule has 3 nitrogen and oxygen atoms in total. The Morgan fingerprint density at radius 3 is 2.56 bits per heavy atom. The molecule has 1 atom stereocenters. The van der Waals surface area contributed by atoms with Crippen LogP contribution in [0.4, 0.5) is 0 Å². The lowest BCUT2D eigenvalue weighted by Gasteiger charge is -2.26. The first-order chi connectivity index (χ1) is 8.69. The predicted molar refractivity (Wildman–Crippen MR) is 74.1 cm³/mol. The number of piperidine rings is 1. The van der Waals surface area contributed by atoms with Gasteiger partial charge in [0.05, 0.1) is 19.2 Å². The second-order valence-electron chi connectivity index (χ2n) is 4.68. The van der Waals surface area contributed by atoms with Gasteiger partial charge in [-0.1, -0.05) is 11.6 Å². The number of methoxy groups -OCH3 is 2. The Kier molecular flexibility index (Phi) is 4.36. The SMILES string of the molecule is COc1c(Cl)cc(C2CCCNC2)c(C)c1OC. The minimum atomic E-state index is 0.510. The van der Waals surface area contributed by atoms with Gasteiger partial charge >= 0.3 is 0 Å². The lowest BCUT2D eigenvalue weighted by molar-refractivity contribution is 0.351. The summed E-state index contributed by atoms with van der Waals surface area (Å²) in [5, 5.41) is 4.06. The smallest absolute Gasteiger partial charge is 0.179 e. The van der Waals surface area contributed by atoms with Crippen molar-refractivity contribution in [3.63, 3.8) is 0 Å². The zero-order chi connectivity index (χ0) is 13.1. The van der Waals surface area contributed by atoms with E-state index in [1.807, 2.05) is 6.07 Å². The first-order valence-electron chi connectivity index (χ1n) is 6.30. The molecule has 0 aliphatic carbocycles. The van der Waals surface area contributed by atoms with Gasteiger partial charge in [-0.2, -0.15) is 0 Å². The molecule has 18 heavy (non-hydrogen) atoms. The molecule has 1 aromatic rings. The number of hydrogen-bond donors (Lipinski definition) is 1. The number of benzene rings is 1. The number of ether oxygens (including phenoxy) is 2. The molecule has 4 heteroatoms. The van der Waals surface area contributed by atoms with Gasteiger partial charge in [0.15, 0.2) is 11.5 Å². The summed E-state index contributed by atoms with van der Waals surface area (Å²) in [7, 11) is 3.27. The largest absolute Gasteiger partial charge is 0.493 e. The maximum atomic E-state index is 6.28. The summed E-state index contributed by atoms with van der Waals surface area (Å²) < 4.78 is 10.8. The van der Waals surface area contributed by atoms with Gasteiger partial charge in [0.25, 0.3) is 0 Å². The number of nitrogens with one attached hydrogen (secondary N) is 1. The number of rotatable bonds is 3. The van der Waals surface area contributed by atoms with Crippen molar-refractivity contribution in [2.24, 2.45) is 0 Å². The Balaban J connectivity index is 2.44. The standard InChI is InChI=1S/C14H20ClNO2/c1-9-11(10-5-4-6-16-8-10)7-12(15)14(18-3)13(9)17-2/h7,10,16H,4-6,8H2,1-3H3. The zero-order valence-corrected chi connectivity index (χ0v) is 11.9. The van der Waals surface area contributed by atoms with E-state index in [-0.39, 0.29) is 0 Å². The van der Waals surface area contributed by atoms with Crippen LogP contribution in [-0.2, 0) is 0 Å². The summed E-state index contributed by atoms with van der Waals surface area (Å²) in [5.41, 5.74) is 2.40. The van der Waals surface area contributed by atoms with Crippen molar-refractivity contribution >= 4 is 11.6 Å². The molecular formula is C14H20ClNO2.